The van der Waals surface area contributed by atoms with E-state index in [1.807, 2.05) is 0 Å². The highest BCUT2D eigenvalue weighted by Crippen LogP contribution is 2.08. The van der Waals surface area contributed by atoms with Gasteiger partial charge in [-0.3, -0.25) is 4.90 Å². The molecule has 0 aromatic heterocycles. The molecule has 3 nitrogen and oxygen atoms in total. The minimum absolute atomic E-state index is 0.485. The van der Waals surface area contributed by atoms with Crippen LogP contribution in [0.15, 0.2) is 0 Å². The van der Waals surface area contributed by atoms with Gasteiger partial charge in [-0.25, -0.2) is 0 Å². The molecular weight excluding hydrogens is 152 g/mol. The van der Waals surface area contributed by atoms with Crippen molar-refractivity contribution >= 4 is 0 Å². The highest BCUT2D eigenvalue weighted by molar-refractivity contribution is 4.71. The molecule has 1 unspecified atom stereocenters. The van der Waals surface area contributed by atoms with E-state index in [2.05, 4.69) is 25.8 Å². The first-order valence-corrected chi connectivity index (χ1v) is 4.52. The fraction of sp³-hybridized carbons (Fsp3) is 1.00. The van der Waals surface area contributed by atoms with Crippen LogP contribution in [0.5, 0.6) is 0 Å². The Labute approximate surface area is 75.9 Å². The summed E-state index contributed by atoms with van der Waals surface area (Å²) in [5.41, 5.74) is 5.48. The number of methoxy groups -OCH3 is 1. The van der Waals surface area contributed by atoms with E-state index in [4.69, 9.17) is 10.5 Å². The molecule has 12 heavy (non-hydrogen) atoms. The summed E-state index contributed by atoms with van der Waals surface area (Å²) >= 11 is 0. The van der Waals surface area contributed by atoms with Crippen LogP contribution in [-0.4, -0.2) is 44.8 Å². The molecule has 0 saturated heterocycles. The summed E-state index contributed by atoms with van der Waals surface area (Å²) in [6, 6.07) is 0.485. The zero-order valence-corrected chi connectivity index (χ0v) is 8.71. The Kier molecular flexibility index (Phi) is 6.34. The van der Waals surface area contributed by atoms with E-state index in [1.54, 1.807) is 7.11 Å². The number of likely N-dealkylation sites (N-methyl/N-ethyl adjacent to an activating group) is 1. The Hall–Kier alpha value is -0.120. The van der Waals surface area contributed by atoms with Crippen molar-refractivity contribution in [3.05, 3.63) is 0 Å². The molecule has 0 fully saturated rings. The van der Waals surface area contributed by atoms with Gasteiger partial charge in [0.15, 0.2) is 0 Å². The van der Waals surface area contributed by atoms with E-state index in [0.717, 1.165) is 13.2 Å². The molecule has 0 saturated carbocycles. The lowest BCUT2D eigenvalue weighted by Gasteiger charge is -2.30. The monoisotopic (exact) mass is 174 g/mol. The van der Waals surface area contributed by atoms with Gasteiger partial charge in [-0.15, -0.1) is 0 Å². The molecule has 74 valence electrons. The zero-order valence-electron chi connectivity index (χ0n) is 8.71. The number of hydrogen-bond acceptors (Lipinski definition) is 3. The molecule has 0 aromatic rings. The van der Waals surface area contributed by atoms with Crippen molar-refractivity contribution in [2.45, 2.75) is 19.9 Å². The third-order valence-corrected chi connectivity index (χ3v) is 2.15. The Morgan fingerprint density at radius 3 is 2.33 bits per heavy atom. The highest BCUT2D eigenvalue weighted by atomic mass is 16.5. The largest absolute Gasteiger partial charge is 0.383 e. The average Bonchev–Trinajstić information content (AvgIpc) is 1.99. The smallest absolute Gasteiger partial charge is 0.0620 e. The summed E-state index contributed by atoms with van der Waals surface area (Å²) in [6.07, 6.45) is 0. The van der Waals surface area contributed by atoms with Crippen LogP contribution in [0.3, 0.4) is 0 Å². The Bertz CT molecular complexity index is 107. The molecule has 2 N–H and O–H groups in total. The minimum Gasteiger partial charge on any atom is -0.383 e. The molecule has 0 rings (SSSR count). The molecular formula is C9H22N2O. The van der Waals surface area contributed by atoms with Gasteiger partial charge in [0, 0.05) is 26.2 Å². The molecule has 0 aliphatic carbocycles. The molecule has 0 radical (unpaired) electrons. The number of rotatable bonds is 6. The van der Waals surface area contributed by atoms with Crippen molar-refractivity contribution in [2.24, 2.45) is 11.7 Å². The summed E-state index contributed by atoms with van der Waals surface area (Å²) in [6.45, 7) is 6.84. The van der Waals surface area contributed by atoms with Crippen molar-refractivity contribution < 1.29 is 4.74 Å². The lowest BCUT2D eigenvalue weighted by molar-refractivity contribution is 0.0821. The first kappa shape index (κ1) is 11.9. The standard InChI is InChI=1S/C9H22N2O/c1-8(2)9(7-12-4)11(3)6-5-10/h8-9H,5-7,10H2,1-4H3. The molecule has 0 bridgehead atoms. The fourth-order valence-electron chi connectivity index (χ4n) is 1.37. The van der Waals surface area contributed by atoms with Gasteiger partial charge in [-0.05, 0) is 13.0 Å². The second-order valence-electron chi connectivity index (χ2n) is 3.54. The van der Waals surface area contributed by atoms with Gasteiger partial charge in [-0.2, -0.15) is 0 Å². The van der Waals surface area contributed by atoms with Crippen molar-refractivity contribution in [3.8, 4) is 0 Å². The van der Waals surface area contributed by atoms with Gasteiger partial charge in [0.05, 0.1) is 6.61 Å². The SMILES string of the molecule is COCC(C(C)C)N(C)CCN. The van der Waals surface area contributed by atoms with Crippen LogP contribution in [-0.2, 0) is 4.74 Å². The maximum absolute atomic E-state index is 5.48. The van der Waals surface area contributed by atoms with Gasteiger partial charge in [0.25, 0.3) is 0 Å². The van der Waals surface area contributed by atoms with Crippen molar-refractivity contribution in [1.29, 1.82) is 0 Å². The number of ether oxygens (including phenoxy) is 1. The van der Waals surface area contributed by atoms with Crippen LogP contribution in [0.2, 0.25) is 0 Å². The molecule has 0 heterocycles. The van der Waals surface area contributed by atoms with Crippen molar-refractivity contribution in [3.63, 3.8) is 0 Å². The second kappa shape index (κ2) is 6.40. The zero-order chi connectivity index (χ0) is 9.56. The molecule has 0 aliphatic heterocycles. The second-order valence-corrected chi connectivity index (χ2v) is 3.54. The topological polar surface area (TPSA) is 38.5 Å². The third-order valence-electron chi connectivity index (χ3n) is 2.15. The van der Waals surface area contributed by atoms with Crippen molar-refractivity contribution in [2.75, 3.05) is 33.9 Å². The number of hydrogen-bond donors (Lipinski definition) is 1. The molecule has 3 heteroatoms. The molecule has 0 amide bonds. The Morgan fingerprint density at radius 1 is 1.42 bits per heavy atom. The summed E-state index contributed by atoms with van der Waals surface area (Å²) in [5.74, 6) is 0.612. The number of nitrogens with zero attached hydrogens (tertiary/aromatic N) is 1. The van der Waals surface area contributed by atoms with E-state index in [9.17, 15) is 0 Å². The fourth-order valence-corrected chi connectivity index (χ4v) is 1.37. The number of nitrogens with two attached hydrogens (primary N) is 1. The summed E-state index contributed by atoms with van der Waals surface area (Å²) in [7, 11) is 3.84. The van der Waals surface area contributed by atoms with Crippen LogP contribution in [0.25, 0.3) is 0 Å². The quantitative estimate of drug-likeness (QED) is 0.639. The van der Waals surface area contributed by atoms with Gasteiger partial charge >= 0.3 is 0 Å². The minimum atomic E-state index is 0.485. The third kappa shape index (κ3) is 4.04. The van der Waals surface area contributed by atoms with Crippen molar-refractivity contribution in [1.82, 2.24) is 4.90 Å². The first-order chi connectivity index (χ1) is 5.63. The lowest BCUT2D eigenvalue weighted by Crippen LogP contribution is -2.41. The molecule has 0 spiro atoms. The molecule has 0 aliphatic rings. The average molecular weight is 174 g/mol. The highest BCUT2D eigenvalue weighted by Gasteiger charge is 2.17. The maximum Gasteiger partial charge on any atom is 0.0620 e. The van der Waals surface area contributed by atoms with Crippen LogP contribution >= 0.6 is 0 Å². The predicted octanol–water partition coefficient (Wildman–Crippen LogP) is 0.548. The van der Waals surface area contributed by atoms with Gasteiger partial charge < -0.3 is 10.5 Å². The lowest BCUT2D eigenvalue weighted by atomic mass is 10.0. The van der Waals surface area contributed by atoms with E-state index in [-0.39, 0.29) is 0 Å². The van der Waals surface area contributed by atoms with E-state index >= 15 is 0 Å². The molecule has 0 aromatic carbocycles. The van der Waals surface area contributed by atoms with Crippen LogP contribution < -0.4 is 5.73 Å². The Balaban J connectivity index is 3.90. The van der Waals surface area contributed by atoms with Crippen LogP contribution in [0.1, 0.15) is 13.8 Å². The van der Waals surface area contributed by atoms with Crippen LogP contribution in [0, 0.1) is 5.92 Å². The van der Waals surface area contributed by atoms with Gasteiger partial charge in [0.2, 0.25) is 0 Å². The van der Waals surface area contributed by atoms with E-state index in [1.165, 1.54) is 0 Å². The summed E-state index contributed by atoms with van der Waals surface area (Å²) < 4.78 is 5.15. The summed E-state index contributed by atoms with van der Waals surface area (Å²) in [4.78, 5) is 2.26. The first-order valence-electron chi connectivity index (χ1n) is 4.52. The van der Waals surface area contributed by atoms with Gasteiger partial charge in [-0.1, -0.05) is 13.8 Å². The predicted molar refractivity (Wildman–Crippen MR) is 52.2 cm³/mol. The summed E-state index contributed by atoms with van der Waals surface area (Å²) in [5, 5.41) is 0. The normalized spacial score (nSPS) is 14.2. The van der Waals surface area contributed by atoms with E-state index < -0.39 is 0 Å². The molecule has 1 atom stereocenters. The Morgan fingerprint density at radius 2 is 2.00 bits per heavy atom. The van der Waals surface area contributed by atoms with Gasteiger partial charge in [0.1, 0.15) is 0 Å². The van der Waals surface area contributed by atoms with E-state index in [0.29, 0.717) is 18.5 Å². The van der Waals surface area contributed by atoms with Crippen LogP contribution in [0.4, 0.5) is 0 Å². The maximum atomic E-state index is 5.48.